The molecule has 1 aromatic rings. The van der Waals surface area contributed by atoms with E-state index in [1.54, 1.807) is 6.08 Å². The lowest BCUT2D eigenvalue weighted by Gasteiger charge is -2.23. The van der Waals surface area contributed by atoms with Gasteiger partial charge in [0.25, 0.3) is 0 Å². The van der Waals surface area contributed by atoms with Gasteiger partial charge < -0.3 is 10.6 Å². The van der Waals surface area contributed by atoms with Gasteiger partial charge in [0.15, 0.2) is 0 Å². The van der Waals surface area contributed by atoms with Crippen molar-refractivity contribution in [2.45, 2.75) is 6.92 Å². The van der Waals surface area contributed by atoms with Gasteiger partial charge in [-0.2, -0.15) is 0 Å². The summed E-state index contributed by atoms with van der Waals surface area (Å²) >= 11 is 0. The number of hydrogen-bond acceptors (Lipinski definition) is 2. The van der Waals surface area contributed by atoms with Crippen molar-refractivity contribution in [3.63, 3.8) is 0 Å². The molecule has 0 radical (unpaired) electrons. The zero-order valence-electron chi connectivity index (χ0n) is 9.18. The minimum Gasteiger partial charge on any atom is -0.366 e. The number of primary amides is 1. The predicted molar refractivity (Wildman–Crippen MR) is 64.9 cm³/mol. The maximum absolute atomic E-state index is 11.1. The van der Waals surface area contributed by atoms with Crippen LogP contribution in [0, 0.1) is 6.92 Å². The highest BCUT2D eigenvalue weighted by Crippen LogP contribution is 2.19. The van der Waals surface area contributed by atoms with Crippen LogP contribution in [0.15, 0.2) is 48.2 Å². The van der Waals surface area contributed by atoms with Crippen LogP contribution in [0.5, 0.6) is 0 Å². The number of hydrogen-bond donors (Lipinski definition) is 1. The molecule has 0 bridgehead atoms. The lowest BCUT2D eigenvalue weighted by atomic mass is 10.1. The second-order valence-corrected chi connectivity index (χ2v) is 3.86. The van der Waals surface area contributed by atoms with Crippen molar-refractivity contribution in [1.82, 2.24) is 0 Å². The highest BCUT2D eigenvalue weighted by Gasteiger charge is 2.12. The van der Waals surface area contributed by atoms with Gasteiger partial charge in [0.05, 0.1) is 6.54 Å². The summed E-state index contributed by atoms with van der Waals surface area (Å²) in [6.45, 7) is 2.58. The molecule has 0 unspecified atom stereocenters. The molecule has 1 amide bonds. The molecule has 0 aromatic heterocycles. The Morgan fingerprint density at radius 3 is 2.62 bits per heavy atom. The van der Waals surface area contributed by atoms with Crippen LogP contribution < -0.4 is 10.6 Å². The van der Waals surface area contributed by atoms with E-state index in [1.807, 2.05) is 48.4 Å². The van der Waals surface area contributed by atoms with E-state index in [9.17, 15) is 4.79 Å². The van der Waals surface area contributed by atoms with E-state index in [2.05, 4.69) is 0 Å². The smallest absolute Gasteiger partial charge is 0.246 e. The quantitative estimate of drug-likeness (QED) is 0.815. The van der Waals surface area contributed by atoms with Crippen molar-refractivity contribution < 1.29 is 4.79 Å². The number of amides is 1. The van der Waals surface area contributed by atoms with Crippen LogP contribution in [0.4, 0.5) is 5.69 Å². The number of nitrogens with zero attached hydrogens (tertiary/aromatic N) is 1. The maximum Gasteiger partial charge on any atom is 0.246 e. The van der Waals surface area contributed by atoms with Crippen LogP contribution in [0.3, 0.4) is 0 Å². The Morgan fingerprint density at radius 2 is 2.00 bits per heavy atom. The average molecular weight is 214 g/mol. The molecule has 0 spiro atoms. The number of carbonyl (C=O) groups excluding carboxylic acids is 1. The first-order valence-electron chi connectivity index (χ1n) is 5.17. The van der Waals surface area contributed by atoms with E-state index < -0.39 is 0 Å². The van der Waals surface area contributed by atoms with Gasteiger partial charge in [-0.3, -0.25) is 4.79 Å². The molecule has 1 aliphatic rings. The van der Waals surface area contributed by atoms with Gasteiger partial charge in [0.1, 0.15) is 0 Å². The molecule has 3 nitrogen and oxygen atoms in total. The fourth-order valence-electron chi connectivity index (χ4n) is 1.63. The largest absolute Gasteiger partial charge is 0.366 e. The second kappa shape index (κ2) is 4.23. The molecule has 0 saturated heterocycles. The van der Waals surface area contributed by atoms with Gasteiger partial charge in [-0.1, -0.05) is 23.8 Å². The van der Waals surface area contributed by atoms with Crippen molar-refractivity contribution in [2.75, 3.05) is 11.4 Å². The van der Waals surface area contributed by atoms with E-state index in [1.165, 1.54) is 5.56 Å². The summed E-state index contributed by atoms with van der Waals surface area (Å²) in [5.74, 6) is -0.360. The summed E-state index contributed by atoms with van der Waals surface area (Å²) in [4.78, 5) is 13.1. The lowest BCUT2D eigenvalue weighted by molar-refractivity contribution is -0.114. The van der Waals surface area contributed by atoms with E-state index in [-0.39, 0.29) is 5.91 Å². The van der Waals surface area contributed by atoms with Crippen molar-refractivity contribution in [3.8, 4) is 0 Å². The normalized spacial score (nSPS) is 14.8. The summed E-state index contributed by atoms with van der Waals surface area (Å²) in [6.07, 6.45) is 5.54. The van der Waals surface area contributed by atoms with Crippen molar-refractivity contribution in [2.24, 2.45) is 5.73 Å². The first-order valence-corrected chi connectivity index (χ1v) is 5.17. The number of nitrogens with two attached hydrogens (primary N) is 1. The van der Waals surface area contributed by atoms with Crippen molar-refractivity contribution in [3.05, 3.63) is 53.8 Å². The Balaban J connectivity index is 2.19. The third kappa shape index (κ3) is 2.14. The third-order valence-electron chi connectivity index (χ3n) is 2.59. The Bertz CT molecular complexity index is 457. The standard InChI is InChI=1S/C13H14N2O/c1-10-4-6-12(7-5-10)15-8-2-3-11(9-15)13(14)16/h2-8H,9H2,1H3,(H2,14,16). The average Bonchev–Trinajstić information content (AvgIpc) is 2.30. The molecule has 3 heteroatoms. The minimum absolute atomic E-state index is 0.360. The highest BCUT2D eigenvalue weighted by atomic mass is 16.1. The Kier molecular flexibility index (Phi) is 2.77. The fraction of sp³-hybridized carbons (Fsp3) is 0.154. The Labute approximate surface area is 94.9 Å². The fourth-order valence-corrected chi connectivity index (χ4v) is 1.63. The summed E-state index contributed by atoms with van der Waals surface area (Å²) in [7, 11) is 0. The van der Waals surface area contributed by atoms with Gasteiger partial charge in [-0.25, -0.2) is 0 Å². The molecule has 0 fully saturated rings. The molecule has 2 rings (SSSR count). The van der Waals surface area contributed by atoms with Crippen LogP contribution in [0.25, 0.3) is 0 Å². The topological polar surface area (TPSA) is 46.3 Å². The maximum atomic E-state index is 11.1. The number of allylic oxidation sites excluding steroid dienone is 2. The molecule has 0 aliphatic carbocycles. The Hall–Kier alpha value is -2.03. The summed E-state index contributed by atoms with van der Waals surface area (Å²) in [6, 6.07) is 8.16. The van der Waals surface area contributed by atoms with Crippen molar-refractivity contribution in [1.29, 1.82) is 0 Å². The molecule has 2 N–H and O–H groups in total. The number of benzene rings is 1. The molecule has 0 atom stereocenters. The zero-order valence-corrected chi connectivity index (χ0v) is 9.18. The second-order valence-electron chi connectivity index (χ2n) is 3.86. The van der Waals surface area contributed by atoms with E-state index in [0.717, 1.165) is 5.69 Å². The number of carbonyl (C=O) groups is 1. The monoisotopic (exact) mass is 214 g/mol. The highest BCUT2D eigenvalue weighted by molar-refractivity contribution is 5.93. The van der Waals surface area contributed by atoms with Gasteiger partial charge in [-0.05, 0) is 25.1 Å². The molecule has 1 aliphatic heterocycles. The van der Waals surface area contributed by atoms with Crippen LogP contribution >= 0.6 is 0 Å². The number of rotatable bonds is 2. The third-order valence-corrected chi connectivity index (χ3v) is 2.59. The van der Waals surface area contributed by atoms with Gasteiger partial charge in [-0.15, -0.1) is 0 Å². The van der Waals surface area contributed by atoms with E-state index >= 15 is 0 Å². The SMILES string of the molecule is Cc1ccc(N2C=CC=C(C(N)=O)C2)cc1. The molecule has 82 valence electrons. The number of anilines is 1. The minimum atomic E-state index is -0.360. The van der Waals surface area contributed by atoms with Crippen LogP contribution in [-0.4, -0.2) is 12.5 Å². The lowest BCUT2D eigenvalue weighted by Crippen LogP contribution is -2.28. The predicted octanol–water partition coefficient (Wildman–Crippen LogP) is 1.74. The molecule has 16 heavy (non-hydrogen) atoms. The molecule has 0 saturated carbocycles. The summed E-state index contributed by atoms with van der Waals surface area (Å²) in [5.41, 5.74) is 8.17. The van der Waals surface area contributed by atoms with Crippen molar-refractivity contribution >= 4 is 11.6 Å². The first kappa shape index (κ1) is 10.5. The van der Waals surface area contributed by atoms with Crippen LogP contribution in [0.2, 0.25) is 0 Å². The summed E-state index contributed by atoms with van der Waals surface area (Å²) in [5, 5.41) is 0. The molecular weight excluding hydrogens is 200 g/mol. The van der Waals surface area contributed by atoms with Crippen LogP contribution in [0.1, 0.15) is 5.56 Å². The molecule has 1 aromatic carbocycles. The van der Waals surface area contributed by atoms with Gasteiger partial charge in [0, 0.05) is 17.5 Å². The van der Waals surface area contributed by atoms with Gasteiger partial charge >= 0.3 is 0 Å². The zero-order chi connectivity index (χ0) is 11.5. The number of aryl methyl sites for hydroxylation is 1. The van der Waals surface area contributed by atoms with E-state index in [0.29, 0.717) is 12.1 Å². The molecular formula is C13H14N2O. The molecule has 1 heterocycles. The van der Waals surface area contributed by atoms with Gasteiger partial charge in [0.2, 0.25) is 5.91 Å². The first-order chi connectivity index (χ1) is 7.66. The summed E-state index contributed by atoms with van der Waals surface area (Å²) < 4.78 is 0. The Morgan fingerprint density at radius 1 is 1.31 bits per heavy atom. The van der Waals surface area contributed by atoms with E-state index in [4.69, 9.17) is 5.73 Å². The van der Waals surface area contributed by atoms with Crippen LogP contribution in [-0.2, 0) is 4.79 Å².